The van der Waals surface area contributed by atoms with E-state index in [0.717, 1.165) is 53.0 Å². The summed E-state index contributed by atoms with van der Waals surface area (Å²) in [5.41, 5.74) is 2.24. The molecule has 0 unspecified atom stereocenters. The Morgan fingerprint density at radius 1 is 0.895 bits per heavy atom. The van der Waals surface area contributed by atoms with Crippen molar-refractivity contribution in [1.29, 1.82) is 5.26 Å². The number of amides is 2. The fourth-order valence-electron chi connectivity index (χ4n) is 5.22. The molecule has 0 saturated heterocycles. The van der Waals surface area contributed by atoms with Crippen molar-refractivity contribution in [3.63, 3.8) is 0 Å². The van der Waals surface area contributed by atoms with Crippen molar-refractivity contribution < 1.29 is 14.3 Å². The van der Waals surface area contributed by atoms with Crippen LogP contribution in [-0.4, -0.2) is 34.3 Å². The molecular formula is C31H32N4O3. The molecule has 1 fully saturated rings. The molecule has 1 aromatic heterocycles. The molecule has 0 spiro atoms. The number of aromatic nitrogens is 1. The second kappa shape index (κ2) is 10.2. The van der Waals surface area contributed by atoms with Crippen LogP contribution in [0.15, 0.2) is 66.7 Å². The molecule has 4 aromatic rings. The van der Waals surface area contributed by atoms with Crippen LogP contribution in [-0.2, 0) is 4.74 Å². The third kappa shape index (κ3) is 5.35. The van der Waals surface area contributed by atoms with Gasteiger partial charge in [-0.25, -0.2) is 4.79 Å². The number of rotatable bonds is 4. The van der Waals surface area contributed by atoms with Gasteiger partial charge in [-0.1, -0.05) is 42.5 Å². The van der Waals surface area contributed by atoms with Gasteiger partial charge in [-0.05, 0) is 76.1 Å². The monoisotopic (exact) mass is 508 g/mol. The SMILES string of the molecule is CC(C)(C)OC(=O)N[C@H]1CC[C@H](NC(=O)c2cc3ccc(C#N)cc3n2-c2cccc3ccccc23)CC1. The minimum atomic E-state index is -0.536. The first-order chi connectivity index (χ1) is 18.2. The van der Waals surface area contributed by atoms with E-state index in [2.05, 4.69) is 28.8 Å². The molecule has 7 heteroatoms. The number of carbonyl (C=O) groups excluding carboxylic acids is 2. The first-order valence-corrected chi connectivity index (χ1v) is 13.1. The summed E-state index contributed by atoms with van der Waals surface area (Å²) in [6.45, 7) is 5.53. The average molecular weight is 509 g/mol. The predicted molar refractivity (Wildman–Crippen MR) is 148 cm³/mol. The van der Waals surface area contributed by atoms with Crippen LogP contribution in [0.1, 0.15) is 62.5 Å². The van der Waals surface area contributed by atoms with Crippen LogP contribution in [0.5, 0.6) is 0 Å². The zero-order valence-electron chi connectivity index (χ0n) is 22.0. The second-order valence-corrected chi connectivity index (χ2v) is 10.9. The molecule has 3 aromatic carbocycles. The number of benzene rings is 3. The quantitative estimate of drug-likeness (QED) is 0.342. The van der Waals surface area contributed by atoms with E-state index in [-0.39, 0.29) is 18.0 Å². The first-order valence-electron chi connectivity index (χ1n) is 13.1. The van der Waals surface area contributed by atoms with E-state index >= 15 is 0 Å². The molecule has 5 rings (SSSR count). The number of nitriles is 1. The van der Waals surface area contributed by atoms with E-state index in [0.29, 0.717) is 11.3 Å². The number of fused-ring (bicyclic) bond motifs is 2. The highest BCUT2D eigenvalue weighted by Crippen LogP contribution is 2.30. The fraction of sp³-hybridized carbons (Fsp3) is 0.323. The maximum Gasteiger partial charge on any atom is 0.407 e. The summed E-state index contributed by atoms with van der Waals surface area (Å²) < 4.78 is 7.34. The normalized spacial score (nSPS) is 17.6. The van der Waals surface area contributed by atoms with Crippen molar-refractivity contribution in [3.8, 4) is 11.8 Å². The molecule has 2 N–H and O–H groups in total. The molecule has 2 amide bonds. The number of alkyl carbamates (subject to hydrolysis) is 1. The second-order valence-electron chi connectivity index (χ2n) is 10.9. The van der Waals surface area contributed by atoms with Crippen molar-refractivity contribution in [2.24, 2.45) is 0 Å². The van der Waals surface area contributed by atoms with Gasteiger partial charge in [-0.2, -0.15) is 5.26 Å². The molecule has 1 aliphatic carbocycles. The van der Waals surface area contributed by atoms with Crippen LogP contribution in [0.2, 0.25) is 0 Å². The molecule has 0 atom stereocenters. The Morgan fingerprint density at radius 3 is 2.29 bits per heavy atom. The van der Waals surface area contributed by atoms with Crippen molar-refractivity contribution in [1.82, 2.24) is 15.2 Å². The number of ether oxygens (including phenoxy) is 1. The lowest BCUT2D eigenvalue weighted by Gasteiger charge is -2.30. The summed E-state index contributed by atoms with van der Waals surface area (Å²) in [6, 6.07) is 23.8. The molecule has 38 heavy (non-hydrogen) atoms. The summed E-state index contributed by atoms with van der Waals surface area (Å²) >= 11 is 0. The molecule has 0 radical (unpaired) electrons. The lowest BCUT2D eigenvalue weighted by Crippen LogP contribution is -2.45. The van der Waals surface area contributed by atoms with Crippen molar-refractivity contribution in [2.45, 2.75) is 64.1 Å². The van der Waals surface area contributed by atoms with Gasteiger partial charge >= 0.3 is 6.09 Å². The van der Waals surface area contributed by atoms with E-state index in [1.54, 1.807) is 6.07 Å². The highest BCUT2D eigenvalue weighted by molar-refractivity contribution is 6.02. The summed E-state index contributed by atoms with van der Waals surface area (Å²) in [7, 11) is 0. The van der Waals surface area contributed by atoms with Gasteiger partial charge in [0, 0.05) is 22.9 Å². The molecule has 0 aliphatic heterocycles. The van der Waals surface area contributed by atoms with Crippen LogP contribution in [0.4, 0.5) is 4.79 Å². The number of hydrogen-bond acceptors (Lipinski definition) is 4. The van der Waals surface area contributed by atoms with Gasteiger partial charge in [0.15, 0.2) is 0 Å². The minimum absolute atomic E-state index is 0.00726. The summed E-state index contributed by atoms with van der Waals surface area (Å²) in [5, 5.41) is 18.7. The first kappa shape index (κ1) is 25.3. The van der Waals surface area contributed by atoms with Gasteiger partial charge in [0.05, 0.1) is 22.8 Å². The maximum atomic E-state index is 13.7. The third-order valence-corrected chi connectivity index (χ3v) is 6.96. The Hall–Kier alpha value is -4.31. The average Bonchev–Trinajstić information content (AvgIpc) is 3.27. The Labute approximate surface area is 222 Å². The number of nitrogens with one attached hydrogen (secondary N) is 2. The summed E-state index contributed by atoms with van der Waals surface area (Å²) in [6.07, 6.45) is 2.66. The smallest absolute Gasteiger partial charge is 0.407 e. The highest BCUT2D eigenvalue weighted by atomic mass is 16.6. The Kier molecular flexibility index (Phi) is 6.81. The van der Waals surface area contributed by atoms with Crippen molar-refractivity contribution in [2.75, 3.05) is 0 Å². The van der Waals surface area contributed by atoms with Gasteiger partial charge < -0.3 is 19.9 Å². The Bertz CT molecular complexity index is 1540. The van der Waals surface area contributed by atoms with E-state index in [1.165, 1.54) is 0 Å². The van der Waals surface area contributed by atoms with Crippen LogP contribution < -0.4 is 10.6 Å². The van der Waals surface area contributed by atoms with Gasteiger partial charge in [0.1, 0.15) is 11.3 Å². The Balaban J connectivity index is 1.40. The maximum absolute atomic E-state index is 13.7. The standard InChI is InChI=1S/C31H32N4O3/c1-31(2,3)38-30(37)34-24-15-13-23(14-16-24)33-29(36)28-18-22-12-11-20(19-32)17-27(22)35(28)26-10-6-8-21-7-4-5-9-25(21)26/h4-12,17-18,23-24H,13-16H2,1-3H3,(H,33,36)(H,34,37)/t23-,24-. The largest absolute Gasteiger partial charge is 0.444 e. The molecule has 1 heterocycles. The third-order valence-electron chi connectivity index (χ3n) is 6.96. The molecule has 194 valence electrons. The molecule has 1 aliphatic rings. The molecular weight excluding hydrogens is 476 g/mol. The summed E-state index contributed by atoms with van der Waals surface area (Å²) in [4.78, 5) is 25.8. The van der Waals surface area contributed by atoms with Crippen LogP contribution in [0.25, 0.3) is 27.4 Å². The van der Waals surface area contributed by atoms with Crippen molar-refractivity contribution in [3.05, 3.63) is 78.0 Å². The van der Waals surface area contributed by atoms with E-state index in [1.807, 2.05) is 73.9 Å². The van der Waals surface area contributed by atoms with E-state index in [4.69, 9.17) is 4.74 Å². The predicted octanol–water partition coefficient (Wildman–Crippen LogP) is 6.22. The lowest BCUT2D eigenvalue weighted by molar-refractivity contribution is 0.0488. The minimum Gasteiger partial charge on any atom is -0.444 e. The van der Waals surface area contributed by atoms with Gasteiger partial charge in [-0.15, -0.1) is 0 Å². The fourth-order valence-corrected chi connectivity index (χ4v) is 5.22. The van der Waals surface area contributed by atoms with Crippen molar-refractivity contribution >= 4 is 33.7 Å². The zero-order chi connectivity index (χ0) is 26.9. The van der Waals surface area contributed by atoms with E-state index < -0.39 is 11.7 Å². The number of nitrogens with zero attached hydrogens (tertiary/aromatic N) is 2. The highest BCUT2D eigenvalue weighted by Gasteiger charge is 2.27. The van der Waals surface area contributed by atoms with Gasteiger partial charge in [-0.3, -0.25) is 4.79 Å². The van der Waals surface area contributed by atoms with Crippen LogP contribution in [0, 0.1) is 11.3 Å². The number of hydrogen-bond donors (Lipinski definition) is 2. The molecule has 1 saturated carbocycles. The Morgan fingerprint density at radius 2 is 1.58 bits per heavy atom. The van der Waals surface area contributed by atoms with Gasteiger partial charge in [0.2, 0.25) is 0 Å². The molecule has 0 bridgehead atoms. The van der Waals surface area contributed by atoms with Crippen LogP contribution in [0.3, 0.4) is 0 Å². The van der Waals surface area contributed by atoms with Gasteiger partial charge in [0.25, 0.3) is 5.91 Å². The van der Waals surface area contributed by atoms with E-state index in [9.17, 15) is 14.9 Å². The number of carbonyl (C=O) groups is 2. The summed E-state index contributed by atoms with van der Waals surface area (Å²) in [5.74, 6) is -0.156. The zero-order valence-corrected chi connectivity index (χ0v) is 22.0. The topological polar surface area (TPSA) is 96.2 Å². The van der Waals surface area contributed by atoms with Crippen LogP contribution >= 0.6 is 0 Å². The lowest BCUT2D eigenvalue weighted by atomic mass is 9.91. The molecule has 7 nitrogen and oxygen atoms in total.